The van der Waals surface area contributed by atoms with E-state index in [4.69, 9.17) is 0 Å². The summed E-state index contributed by atoms with van der Waals surface area (Å²) in [4.78, 5) is 20.8. The van der Waals surface area contributed by atoms with Crippen molar-refractivity contribution in [2.24, 2.45) is 5.92 Å². The van der Waals surface area contributed by atoms with Crippen LogP contribution in [-0.4, -0.2) is 33.8 Å². The van der Waals surface area contributed by atoms with E-state index < -0.39 is 0 Å². The van der Waals surface area contributed by atoms with E-state index in [1.54, 1.807) is 0 Å². The first kappa shape index (κ1) is 9.38. The largest absolute Gasteiger partial charge is 0.345 e. The maximum absolute atomic E-state index is 11.7. The molecule has 16 heavy (non-hydrogen) atoms. The molecule has 0 bridgehead atoms. The van der Waals surface area contributed by atoms with E-state index >= 15 is 0 Å². The van der Waals surface area contributed by atoms with E-state index in [1.807, 2.05) is 11.9 Å². The van der Waals surface area contributed by atoms with Gasteiger partial charge in [0.05, 0.1) is 6.20 Å². The average molecular weight is 219 g/mol. The van der Waals surface area contributed by atoms with Gasteiger partial charge in [0.25, 0.3) is 5.56 Å². The SMILES string of the molecule is CN(CC1CC1)c1nc2[nH]ncc2c(=O)[nH]1. The van der Waals surface area contributed by atoms with E-state index in [2.05, 4.69) is 20.2 Å². The number of anilines is 1. The minimum Gasteiger partial charge on any atom is -0.345 e. The number of hydrogen-bond donors (Lipinski definition) is 2. The van der Waals surface area contributed by atoms with E-state index in [0.717, 1.165) is 12.5 Å². The zero-order chi connectivity index (χ0) is 11.1. The lowest BCUT2D eigenvalue weighted by molar-refractivity contribution is 0.764. The molecule has 0 radical (unpaired) electrons. The van der Waals surface area contributed by atoms with E-state index in [1.165, 1.54) is 19.0 Å². The van der Waals surface area contributed by atoms with Crippen LogP contribution < -0.4 is 10.5 Å². The Morgan fingerprint density at radius 2 is 2.38 bits per heavy atom. The van der Waals surface area contributed by atoms with Crippen LogP contribution in [0.5, 0.6) is 0 Å². The smallest absolute Gasteiger partial charge is 0.263 e. The summed E-state index contributed by atoms with van der Waals surface area (Å²) in [6.45, 7) is 0.947. The number of H-pyrrole nitrogens is 2. The molecule has 0 atom stereocenters. The van der Waals surface area contributed by atoms with Crippen molar-refractivity contribution >= 4 is 17.0 Å². The highest BCUT2D eigenvalue weighted by molar-refractivity contribution is 5.73. The molecular formula is C10H13N5O. The molecule has 0 unspecified atom stereocenters. The fourth-order valence-corrected chi connectivity index (χ4v) is 1.79. The fraction of sp³-hybridized carbons (Fsp3) is 0.500. The number of hydrogen-bond acceptors (Lipinski definition) is 4. The number of nitrogens with zero attached hydrogens (tertiary/aromatic N) is 3. The number of nitrogens with one attached hydrogen (secondary N) is 2. The zero-order valence-electron chi connectivity index (χ0n) is 9.03. The van der Waals surface area contributed by atoms with E-state index in [0.29, 0.717) is 17.0 Å². The normalized spacial score (nSPS) is 15.6. The molecule has 6 heteroatoms. The van der Waals surface area contributed by atoms with Gasteiger partial charge in [-0.1, -0.05) is 0 Å². The second-order valence-electron chi connectivity index (χ2n) is 4.35. The van der Waals surface area contributed by atoms with Crippen molar-refractivity contribution in [2.45, 2.75) is 12.8 Å². The number of aromatic nitrogens is 4. The molecule has 3 rings (SSSR count). The predicted molar refractivity (Wildman–Crippen MR) is 60.5 cm³/mol. The Labute approximate surface area is 91.7 Å². The summed E-state index contributed by atoms with van der Waals surface area (Å²) in [6, 6.07) is 0. The predicted octanol–water partition coefficient (Wildman–Crippen LogP) is 0.492. The molecule has 0 saturated heterocycles. The molecule has 0 spiro atoms. The minimum atomic E-state index is -0.142. The molecular weight excluding hydrogens is 206 g/mol. The van der Waals surface area contributed by atoms with Crippen molar-refractivity contribution in [1.82, 2.24) is 20.2 Å². The fourth-order valence-electron chi connectivity index (χ4n) is 1.79. The molecule has 2 aromatic heterocycles. The summed E-state index contributed by atoms with van der Waals surface area (Å²) >= 11 is 0. The molecule has 84 valence electrons. The summed E-state index contributed by atoms with van der Waals surface area (Å²) < 4.78 is 0. The lowest BCUT2D eigenvalue weighted by Crippen LogP contribution is -2.25. The summed E-state index contributed by atoms with van der Waals surface area (Å²) in [7, 11) is 1.94. The standard InChI is InChI=1S/C10H13N5O/c1-15(5-6-2-3-6)10-12-8-7(4-11-14-8)9(16)13-10/h4,6H,2-3,5H2,1H3,(H2,11,12,13,14,16). The van der Waals surface area contributed by atoms with Crippen LogP contribution in [0.2, 0.25) is 0 Å². The van der Waals surface area contributed by atoms with Gasteiger partial charge >= 0.3 is 0 Å². The summed E-state index contributed by atoms with van der Waals surface area (Å²) in [6.07, 6.45) is 4.05. The lowest BCUT2D eigenvalue weighted by atomic mass is 10.4. The number of rotatable bonds is 3. The van der Waals surface area contributed by atoms with Crippen LogP contribution >= 0.6 is 0 Å². The molecule has 1 aliphatic rings. The highest BCUT2D eigenvalue weighted by atomic mass is 16.1. The molecule has 1 saturated carbocycles. The molecule has 0 aliphatic heterocycles. The van der Waals surface area contributed by atoms with Crippen molar-refractivity contribution in [3.63, 3.8) is 0 Å². The van der Waals surface area contributed by atoms with Gasteiger partial charge < -0.3 is 4.90 Å². The summed E-state index contributed by atoms with van der Waals surface area (Å²) in [5.41, 5.74) is 0.401. The summed E-state index contributed by atoms with van der Waals surface area (Å²) in [5.74, 6) is 1.36. The van der Waals surface area contributed by atoms with Crippen LogP contribution in [0, 0.1) is 5.92 Å². The highest BCUT2D eigenvalue weighted by Crippen LogP contribution is 2.30. The number of aromatic amines is 2. The molecule has 0 amide bonds. The quantitative estimate of drug-likeness (QED) is 0.787. The van der Waals surface area contributed by atoms with Gasteiger partial charge in [0, 0.05) is 13.6 Å². The van der Waals surface area contributed by atoms with Crippen molar-refractivity contribution in [3.8, 4) is 0 Å². The first-order valence-corrected chi connectivity index (χ1v) is 5.38. The first-order valence-electron chi connectivity index (χ1n) is 5.38. The first-order chi connectivity index (χ1) is 7.74. The second-order valence-corrected chi connectivity index (χ2v) is 4.35. The Morgan fingerprint density at radius 1 is 1.56 bits per heavy atom. The van der Waals surface area contributed by atoms with Crippen LogP contribution in [0.15, 0.2) is 11.0 Å². The van der Waals surface area contributed by atoms with Gasteiger partial charge in [-0.25, -0.2) is 0 Å². The molecule has 2 heterocycles. The van der Waals surface area contributed by atoms with Crippen LogP contribution in [0.25, 0.3) is 11.0 Å². The van der Waals surface area contributed by atoms with Gasteiger partial charge in [0.15, 0.2) is 5.65 Å². The molecule has 2 aromatic rings. The third kappa shape index (κ3) is 1.56. The Morgan fingerprint density at radius 3 is 3.12 bits per heavy atom. The second kappa shape index (κ2) is 3.33. The van der Waals surface area contributed by atoms with Gasteiger partial charge in [-0.05, 0) is 18.8 Å². The molecule has 6 nitrogen and oxygen atoms in total. The van der Waals surface area contributed by atoms with Crippen LogP contribution in [0.1, 0.15) is 12.8 Å². The Hall–Kier alpha value is -1.85. The van der Waals surface area contributed by atoms with Gasteiger partial charge in [0.1, 0.15) is 5.39 Å². The summed E-state index contributed by atoms with van der Waals surface area (Å²) in [5, 5.41) is 7.03. The minimum absolute atomic E-state index is 0.142. The van der Waals surface area contributed by atoms with Crippen molar-refractivity contribution in [3.05, 3.63) is 16.6 Å². The molecule has 0 aromatic carbocycles. The van der Waals surface area contributed by atoms with E-state index in [-0.39, 0.29) is 5.56 Å². The molecule has 1 fully saturated rings. The third-order valence-electron chi connectivity index (χ3n) is 2.90. The van der Waals surface area contributed by atoms with Gasteiger partial charge in [-0.3, -0.25) is 14.9 Å². The Kier molecular flexibility index (Phi) is 1.95. The molecule has 1 aliphatic carbocycles. The number of fused-ring (bicyclic) bond motifs is 1. The maximum atomic E-state index is 11.7. The molecule has 2 N–H and O–H groups in total. The van der Waals surface area contributed by atoms with Crippen molar-refractivity contribution in [2.75, 3.05) is 18.5 Å². The van der Waals surface area contributed by atoms with Gasteiger partial charge in [-0.2, -0.15) is 10.1 Å². The maximum Gasteiger partial charge on any atom is 0.263 e. The average Bonchev–Trinajstić information content (AvgIpc) is 2.94. The highest BCUT2D eigenvalue weighted by Gasteiger charge is 2.23. The monoisotopic (exact) mass is 219 g/mol. The Balaban J connectivity index is 1.99. The third-order valence-corrected chi connectivity index (χ3v) is 2.90. The zero-order valence-corrected chi connectivity index (χ0v) is 9.03. The Bertz CT molecular complexity index is 568. The van der Waals surface area contributed by atoms with Crippen LogP contribution in [0.4, 0.5) is 5.95 Å². The lowest BCUT2D eigenvalue weighted by Gasteiger charge is -2.16. The van der Waals surface area contributed by atoms with Gasteiger partial charge in [-0.15, -0.1) is 0 Å². The topological polar surface area (TPSA) is 77.7 Å². The van der Waals surface area contributed by atoms with Crippen molar-refractivity contribution in [1.29, 1.82) is 0 Å². The van der Waals surface area contributed by atoms with E-state index in [9.17, 15) is 4.79 Å². The van der Waals surface area contributed by atoms with Gasteiger partial charge in [0.2, 0.25) is 5.95 Å². The van der Waals surface area contributed by atoms with Crippen LogP contribution in [0.3, 0.4) is 0 Å². The van der Waals surface area contributed by atoms with Crippen LogP contribution in [-0.2, 0) is 0 Å². The van der Waals surface area contributed by atoms with Crippen molar-refractivity contribution < 1.29 is 0 Å².